The molecule has 0 aliphatic carbocycles. The normalized spacial score (nSPS) is 12.6. The maximum Gasteiger partial charge on any atom is 0.164 e. The molecule has 1 rings (SSSR count). The van der Waals surface area contributed by atoms with E-state index in [0.29, 0.717) is 0 Å². The van der Waals surface area contributed by atoms with Crippen molar-refractivity contribution in [3.05, 3.63) is 35.4 Å². The van der Waals surface area contributed by atoms with Crippen LogP contribution in [0.3, 0.4) is 0 Å². The highest BCUT2D eigenvalue weighted by Gasteiger charge is 2.12. The summed E-state index contributed by atoms with van der Waals surface area (Å²) in [7, 11) is 0. The molecule has 0 saturated heterocycles. The van der Waals surface area contributed by atoms with Gasteiger partial charge in [-0.3, -0.25) is 0 Å². The predicted molar refractivity (Wildman–Crippen MR) is 39.9 cm³/mol. The molecule has 2 nitrogen and oxygen atoms in total. The van der Waals surface area contributed by atoms with Crippen LogP contribution < -0.4 is 0 Å². The van der Waals surface area contributed by atoms with Gasteiger partial charge >= 0.3 is 0 Å². The number of nitrogens with one attached hydrogen (secondary N) is 1. The SMILES string of the molecule is CC(N=N)c1cccc(F)c1F. The lowest BCUT2D eigenvalue weighted by Crippen LogP contribution is -1.96. The van der Waals surface area contributed by atoms with Crippen LogP contribution in [0.1, 0.15) is 18.5 Å². The van der Waals surface area contributed by atoms with Crippen LogP contribution in [0.2, 0.25) is 0 Å². The summed E-state index contributed by atoms with van der Waals surface area (Å²) in [5.74, 6) is -1.82. The smallest absolute Gasteiger partial charge is 0.164 e. The van der Waals surface area contributed by atoms with E-state index in [1.807, 2.05) is 0 Å². The average Bonchev–Trinajstić information content (AvgIpc) is 2.08. The summed E-state index contributed by atoms with van der Waals surface area (Å²) in [5, 5.41) is 3.10. The van der Waals surface area contributed by atoms with Gasteiger partial charge in [-0.25, -0.2) is 14.3 Å². The molecule has 1 atom stereocenters. The van der Waals surface area contributed by atoms with Gasteiger partial charge in [0.15, 0.2) is 11.6 Å². The molecule has 0 radical (unpaired) electrons. The fourth-order valence-electron chi connectivity index (χ4n) is 0.913. The molecule has 4 heteroatoms. The van der Waals surface area contributed by atoms with Crippen LogP contribution in [0.4, 0.5) is 8.78 Å². The highest BCUT2D eigenvalue weighted by molar-refractivity contribution is 5.21. The summed E-state index contributed by atoms with van der Waals surface area (Å²) in [4.78, 5) is 0. The molecule has 1 unspecified atom stereocenters. The molecule has 0 heterocycles. The quantitative estimate of drug-likeness (QED) is 0.662. The van der Waals surface area contributed by atoms with Gasteiger partial charge in [0.05, 0.1) is 6.04 Å². The van der Waals surface area contributed by atoms with Crippen molar-refractivity contribution in [1.82, 2.24) is 0 Å². The number of nitrogens with zero attached hydrogens (tertiary/aromatic N) is 1. The van der Waals surface area contributed by atoms with Crippen molar-refractivity contribution < 1.29 is 8.78 Å². The minimum atomic E-state index is -0.916. The average molecular weight is 170 g/mol. The molecule has 12 heavy (non-hydrogen) atoms. The molecule has 0 bridgehead atoms. The van der Waals surface area contributed by atoms with E-state index in [0.717, 1.165) is 6.07 Å². The van der Waals surface area contributed by atoms with Crippen LogP contribution in [0.25, 0.3) is 0 Å². The van der Waals surface area contributed by atoms with Crippen LogP contribution in [-0.4, -0.2) is 0 Å². The zero-order chi connectivity index (χ0) is 9.14. The third kappa shape index (κ3) is 1.47. The lowest BCUT2D eigenvalue weighted by Gasteiger charge is -2.05. The molecule has 0 amide bonds. The third-order valence-electron chi connectivity index (χ3n) is 1.63. The monoisotopic (exact) mass is 170 g/mol. The second-order valence-electron chi connectivity index (χ2n) is 2.45. The van der Waals surface area contributed by atoms with Crippen molar-refractivity contribution >= 4 is 0 Å². The van der Waals surface area contributed by atoms with E-state index < -0.39 is 17.7 Å². The summed E-state index contributed by atoms with van der Waals surface area (Å²) in [5.41, 5.74) is 6.76. The molecule has 1 N–H and O–H groups in total. The second-order valence-corrected chi connectivity index (χ2v) is 2.45. The molecular formula is C8H8F2N2. The van der Waals surface area contributed by atoms with Gasteiger partial charge in [0.2, 0.25) is 0 Å². The van der Waals surface area contributed by atoms with Crippen LogP contribution in [-0.2, 0) is 0 Å². The van der Waals surface area contributed by atoms with E-state index in [1.165, 1.54) is 19.1 Å². The van der Waals surface area contributed by atoms with Gasteiger partial charge < -0.3 is 0 Å². The molecule has 0 aromatic heterocycles. The Morgan fingerprint density at radius 2 is 2.08 bits per heavy atom. The van der Waals surface area contributed by atoms with Crippen molar-refractivity contribution in [2.75, 3.05) is 0 Å². The Bertz CT molecular complexity index is 299. The number of rotatable bonds is 2. The molecule has 1 aromatic rings. The van der Waals surface area contributed by atoms with E-state index >= 15 is 0 Å². The third-order valence-corrected chi connectivity index (χ3v) is 1.63. The Hall–Kier alpha value is -1.32. The van der Waals surface area contributed by atoms with Crippen LogP contribution in [0.5, 0.6) is 0 Å². The van der Waals surface area contributed by atoms with E-state index in [1.54, 1.807) is 0 Å². The van der Waals surface area contributed by atoms with Gasteiger partial charge in [-0.05, 0) is 13.0 Å². The zero-order valence-electron chi connectivity index (χ0n) is 6.51. The lowest BCUT2D eigenvalue weighted by molar-refractivity contribution is 0.489. The predicted octanol–water partition coefficient (Wildman–Crippen LogP) is 3.06. The van der Waals surface area contributed by atoms with Gasteiger partial charge in [0.25, 0.3) is 0 Å². The molecule has 0 spiro atoms. The van der Waals surface area contributed by atoms with E-state index in [4.69, 9.17) is 5.53 Å². The molecule has 0 aliphatic rings. The molecule has 64 valence electrons. The number of hydrogen-bond donors (Lipinski definition) is 1. The summed E-state index contributed by atoms with van der Waals surface area (Å²) in [6, 6.07) is 3.23. The van der Waals surface area contributed by atoms with Crippen molar-refractivity contribution in [3.8, 4) is 0 Å². The van der Waals surface area contributed by atoms with E-state index in [-0.39, 0.29) is 5.56 Å². The number of halogens is 2. The van der Waals surface area contributed by atoms with Crippen molar-refractivity contribution in [1.29, 1.82) is 5.53 Å². The summed E-state index contributed by atoms with van der Waals surface area (Å²) in [6.45, 7) is 1.53. The Morgan fingerprint density at radius 3 is 2.67 bits per heavy atom. The van der Waals surface area contributed by atoms with Crippen molar-refractivity contribution in [2.45, 2.75) is 13.0 Å². The van der Waals surface area contributed by atoms with Crippen molar-refractivity contribution in [2.24, 2.45) is 5.11 Å². The highest BCUT2D eigenvalue weighted by Crippen LogP contribution is 2.21. The van der Waals surface area contributed by atoms with Gasteiger partial charge in [0, 0.05) is 5.56 Å². The largest absolute Gasteiger partial charge is 0.209 e. The number of benzene rings is 1. The fourth-order valence-corrected chi connectivity index (χ4v) is 0.913. The topological polar surface area (TPSA) is 36.2 Å². The first-order valence-electron chi connectivity index (χ1n) is 3.47. The van der Waals surface area contributed by atoms with Crippen LogP contribution in [0.15, 0.2) is 23.3 Å². The van der Waals surface area contributed by atoms with E-state index in [9.17, 15) is 8.78 Å². The van der Waals surface area contributed by atoms with Gasteiger partial charge in [-0.1, -0.05) is 12.1 Å². The Balaban J connectivity index is 3.15. The minimum absolute atomic E-state index is 0.116. The standard InChI is InChI=1S/C8H8F2N2/c1-5(12-11)6-3-2-4-7(9)8(6)10/h2-5,11H,1H3. The first-order chi connectivity index (χ1) is 5.66. The Kier molecular flexibility index (Phi) is 2.47. The summed E-state index contributed by atoms with van der Waals surface area (Å²) < 4.78 is 25.5. The van der Waals surface area contributed by atoms with Gasteiger partial charge in [0.1, 0.15) is 0 Å². The lowest BCUT2D eigenvalue weighted by atomic mass is 10.1. The highest BCUT2D eigenvalue weighted by atomic mass is 19.2. The molecule has 0 saturated carbocycles. The van der Waals surface area contributed by atoms with Crippen LogP contribution >= 0.6 is 0 Å². The number of hydrogen-bond acceptors (Lipinski definition) is 2. The maximum atomic E-state index is 12.9. The first kappa shape index (κ1) is 8.77. The van der Waals surface area contributed by atoms with E-state index in [2.05, 4.69) is 5.11 Å². The summed E-state index contributed by atoms with van der Waals surface area (Å²) >= 11 is 0. The molecule has 0 aliphatic heterocycles. The van der Waals surface area contributed by atoms with Crippen LogP contribution in [0, 0.1) is 17.2 Å². The minimum Gasteiger partial charge on any atom is -0.209 e. The van der Waals surface area contributed by atoms with Gasteiger partial charge in [-0.2, -0.15) is 5.11 Å². The molecular weight excluding hydrogens is 162 g/mol. The Morgan fingerprint density at radius 1 is 1.42 bits per heavy atom. The second kappa shape index (κ2) is 3.38. The molecule has 0 fully saturated rings. The van der Waals surface area contributed by atoms with Crippen molar-refractivity contribution in [3.63, 3.8) is 0 Å². The van der Waals surface area contributed by atoms with Gasteiger partial charge in [-0.15, -0.1) is 0 Å². The maximum absolute atomic E-state index is 12.9. The zero-order valence-corrected chi connectivity index (χ0v) is 6.51. The Labute approximate surface area is 68.7 Å². The molecule has 1 aromatic carbocycles. The first-order valence-corrected chi connectivity index (χ1v) is 3.47. The fraction of sp³-hybridized carbons (Fsp3) is 0.250. The summed E-state index contributed by atoms with van der Waals surface area (Å²) in [6.07, 6.45) is 0.